The van der Waals surface area contributed by atoms with Gasteiger partial charge in [0.05, 0.1) is 41.2 Å². The molecule has 0 saturated carbocycles. The predicted molar refractivity (Wildman–Crippen MR) is 285 cm³/mol. The van der Waals surface area contributed by atoms with Gasteiger partial charge in [0.1, 0.15) is 38.4 Å². The van der Waals surface area contributed by atoms with E-state index in [0.29, 0.717) is 68.4 Å². The second-order valence-corrected chi connectivity index (χ2v) is 19.4. The SMILES string of the molecule is CCc1cc(N=Nc2c(O)c(C(=O)Nc3cccc(OC)c3)cc3ccccc23)c(Cl)c(S(=O)(=O)O)c1.CCc1cc(N=Nc2c([O-])c(C([O-])=Nc3cccc(OC)c3)cc3ccccc23)c(Cl)c(S(=O)(=O)O)c1.[Ca+2]. The molecule has 8 aromatic carbocycles. The summed E-state index contributed by atoms with van der Waals surface area (Å²) in [5.74, 6) is -1.46. The number of nitrogens with one attached hydrogen (secondary N) is 1. The molecule has 0 radical (unpaired) electrons. The van der Waals surface area contributed by atoms with Crippen LogP contribution in [0.3, 0.4) is 0 Å². The molecule has 0 heterocycles. The number of fused-ring (bicyclic) bond motifs is 2. The number of azo groups is 2. The van der Waals surface area contributed by atoms with Crippen LogP contribution in [-0.2, 0) is 33.1 Å². The zero-order chi connectivity index (χ0) is 53.5. The van der Waals surface area contributed by atoms with Crippen LogP contribution in [0.2, 0.25) is 10.0 Å². The van der Waals surface area contributed by atoms with Gasteiger partial charge in [-0.1, -0.05) is 103 Å². The summed E-state index contributed by atoms with van der Waals surface area (Å²) >= 11 is 12.4. The molecule has 18 nitrogen and oxygen atoms in total. The van der Waals surface area contributed by atoms with Crippen molar-refractivity contribution >= 4 is 149 Å². The number of aliphatic imine (C=N–C) groups is 1. The number of carbonyl (C=O) groups excluding carboxylic acids is 1. The molecule has 0 spiro atoms. The van der Waals surface area contributed by atoms with Gasteiger partial charge < -0.3 is 30.1 Å². The normalized spacial score (nSPS) is 11.9. The first kappa shape index (κ1) is 57.6. The van der Waals surface area contributed by atoms with Gasteiger partial charge in [0.15, 0.2) is 5.75 Å². The summed E-state index contributed by atoms with van der Waals surface area (Å²) in [7, 11) is -6.25. The van der Waals surface area contributed by atoms with Crippen molar-refractivity contribution < 1.29 is 55.5 Å². The van der Waals surface area contributed by atoms with E-state index in [1.807, 2.05) is 0 Å². The van der Waals surface area contributed by atoms with Gasteiger partial charge in [-0.3, -0.25) is 18.9 Å². The van der Waals surface area contributed by atoms with E-state index in [9.17, 15) is 46.1 Å². The van der Waals surface area contributed by atoms with Crippen LogP contribution >= 0.6 is 23.2 Å². The quantitative estimate of drug-likeness (QED) is 0.0260. The number of hydrogen-bond donors (Lipinski definition) is 4. The van der Waals surface area contributed by atoms with Gasteiger partial charge in [-0.25, -0.2) is 0 Å². The molecule has 0 aliphatic carbocycles. The Hall–Kier alpha value is -6.72. The van der Waals surface area contributed by atoms with Crippen molar-refractivity contribution in [3.8, 4) is 23.0 Å². The summed E-state index contributed by atoms with van der Waals surface area (Å²) in [6, 6.07) is 35.5. The molecule has 0 unspecified atom stereocenters. The Bertz CT molecular complexity index is 3830. The molecule has 0 bridgehead atoms. The molecule has 23 heteroatoms. The Morgan fingerprint density at radius 1 is 0.627 bits per heavy atom. The first-order valence-electron chi connectivity index (χ1n) is 22.0. The molecule has 4 N–H and O–H groups in total. The van der Waals surface area contributed by atoms with Crippen molar-refractivity contribution in [1.29, 1.82) is 0 Å². The van der Waals surface area contributed by atoms with E-state index >= 15 is 0 Å². The zero-order valence-corrected chi connectivity index (χ0v) is 45.5. The van der Waals surface area contributed by atoms with Crippen LogP contribution in [0.15, 0.2) is 169 Å². The minimum absolute atomic E-state index is 0. The summed E-state index contributed by atoms with van der Waals surface area (Å²) in [4.78, 5) is 16.1. The Balaban J connectivity index is 0.000000241. The van der Waals surface area contributed by atoms with Gasteiger partial charge in [-0.15, -0.1) is 15.3 Å². The number of aromatic hydroxyl groups is 1. The Kier molecular flexibility index (Phi) is 19.0. The molecule has 380 valence electrons. The zero-order valence-electron chi connectivity index (χ0n) is 40.1. The Labute approximate surface area is 470 Å². The number of carbonyl (C=O) groups is 1. The molecule has 0 saturated heterocycles. The van der Waals surface area contributed by atoms with E-state index in [1.54, 1.807) is 111 Å². The van der Waals surface area contributed by atoms with Gasteiger partial charge in [0.2, 0.25) is 0 Å². The maximum Gasteiger partial charge on any atom is 2.00 e. The molecule has 0 fully saturated rings. The molecule has 0 aromatic heterocycles. The van der Waals surface area contributed by atoms with Gasteiger partial charge >= 0.3 is 37.7 Å². The molecule has 75 heavy (non-hydrogen) atoms. The third kappa shape index (κ3) is 13.6. The summed E-state index contributed by atoms with van der Waals surface area (Å²) in [5.41, 5.74) is 1.32. The number of nitrogens with zero attached hydrogens (tertiary/aromatic N) is 5. The van der Waals surface area contributed by atoms with E-state index in [1.165, 1.54) is 50.6 Å². The van der Waals surface area contributed by atoms with Crippen LogP contribution in [0.25, 0.3) is 21.5 Å². The van der Waals surface area contributed by atoms with Crippen molar-refractivity contribution in [2.45, 2.75) is 36.5 Å². The fourth-order valence-corrected chi connectivity index (χ4v) is 9.47. The average Bonchev–Trinajstić information content (AvgIpc) is 3.38. The second-order valence-electron chi connectivity index (χ2n) is 15.9. The number of aryl methyl sites for hydroxylation is 2. The number of anilines is 1. The van der Waals surface area contributed by atoms with Crippen molar-refractivity contribution in [3.63, 3.8) is 0 Å². The maximum atomic E-state index is 13.4. The molecule has 1 amide bonds. The number of hydrogen-bond acceptors (Lipinski definition) is 15. The minimum atomic E-state index is -4.63. The van der Waals surface area contributed by atoms with Crippen molar-refractivity contribution in [2.75, 3.05) is 19.5 Å². The van der Waals surface area contributed by atoms with Crippen LogP contribution in [0.4, 0.5) is 34.1 Å². The smallest absolute Gasteiger partial charge is 0.871 e. The Morgan fingerprint density at radius 2 is 1.11 bits per heavy atom. The molecule has 0 atom stereocenters. The van der Waals surface area contributed by atoms with Gasteiger partial charge in [0, 0.05) is 28.6 Å². The van der Waals surface area contributed by atoms with Crippen LogP contribution in [0.5, 0.6) is 23.0 Å². The van der Waals surface area contributed by atoms with Gasteiger partial charge in [-0.05, 0) is 107 Å². The molecule has 0 aliphatic heterocycles. The standard InChI is InChI=1S/2C26H22ClN3O6S.Ca/c2*1-3-15-11-21(23(27)22(12-15)37(33,34)35)29-30-24-19-10-5-4-7-16(19)13-20(25(24)31)26(32)28-17-8-6-9-18(14-17)36-2;/h2*4-14,31H,3H2,1-2H3,(H,28,32)(H,33,34,35);/q;;+2/p-2. The summed E-state index contributed by atoms with van der Waals surface area (Å²) in [6.45, 7) is 3.57. The maximum absolute atomic E-state index is 13.4. The first-order valence-corrected chi connectivity index (χ1v) is 25.6. The molecular weight excluding hydrogens is 1080 g/mol. The summed E-state index contributed by atoms with van der Waals surface area (Å²) in [5, 5.41) is 57.9. The summed E-state index contributed by atoms with van der Waals surface area (Å²) in [6.07, 6.45) is 0.865. The third-order valence-electron chi connectivity index (χ3n) is 11.1. The number of halogens is 2. The van der Waals surface area contributed by atoms with Crippen LogP contribution < -0.4 is 25.0 Å². The van der Waals surface area contributed by atoms with Crippen molar-refractivity contribution in [2.24, 2.45) is 25.4 Å². The monoisotopic (exact) mass is 1120 g/mol. The third-order valence-corrected chi connectivity index (χ3v) is 13.9. The fourth-order valence-electron chi connectivity index (χ4n) is 7.33. The molecule has 8 rings (SSSR count). The van der Waals surface area contributed by atoms with E-state index in [4.69, 9.17) is 32.7 Å². The van der Waals surface area contributed by atoms with E-state index in [2.05, 4.69) is 30.8 Å². The van der Waals surface area contributed by atoms with Gasteiger partial charge in [-0.2, -0.15) is 21.9 Å². The van der Waals surface area contributed by atoms with Gasteiger partial charge in [0.25, 0.3) is 26.1 Å². The topological polar surface area (TPSA) is 284 Å². The van der Waals surface area contributed by atoms with Crippen LogP contribution in [0, 0.1) is 0 Å². The number of phenolic OH excluding ortho intramolecular Hbond substituents is 1. The van der Waals surface area contributed by atoms with Crippen LogP contribution in [-0.4, -0.2) is 94.8 Å². The largest absolute Gasteiger partial charge is 2.00 e. The number of phenols is 1. The molecule has 0 aliphatic rings. The van der Waals surface area contributed by atoms with E-state index in [0.717, 1.165) is 0 Å². The van der Waals surface area contributed by atoms with Crippen molar-refractivity contribution in [3.05, 3.63) is 166 Å². The van der Waals surface area contributed by atoms with Crippen LogP contribution in [0.1, 0.15) is 40.9 Å². The average molecular weight is 1120 g/mol. The fraction of sp³-hybridized carbons (Fsp3) is 0.115. The predicted octanol–water partition coefficient (Wildman–Crippen LogP) is 11.5. The van der Waals surface area contributed by atoms with E-state index < -0.39 is 53.3 Å². The number of ether oxygens (including phenoxy) is 2. The number of amides is 1. The number of methoxy groups -OCH3 is 2. The van der Waals surface area contributed by atoms with E-state index in [-0.39, 0.29) is 81.7 Å². The molecular formula is C52H42CaCl2N6O12S2. The summed E-state index contributed by atoms with van der Waals surface area (Å²) < 4.78 is 76.6. The number of rotatable bonds is 14. The minimum Gasteiger partial charge on any atom is -0.871 e. The molecule has 8 aromatic rings. The van der Waals surface area contributed by atoms with Crippen molar-refractivity contribution in [1.82, 2.24) is 0 Å². The first-order chi connectivity index (χ1) is 35.2. The number of benzene rings is 8. The second kappa shape index (κ2) is 24.7. The Morgan fingerprint density at radius 3 is 1.63 bits per heavy atom.